The number of carboxylic acids is 1. The van der Waals surface area contributed by atoms with Gasteiger partial charge in [0.15, 0.2) is 0 Å². The topological polar surface area (TPSA) is 135 Å². The van der Waals surface area contributed by atoms with Crippen LogP contribution in [0.3, 0.4) is 0 Å². The van der Waals surface area contributed by atoms with Gasteiger partial charge in [0.25, 0.3) is 5.91 Å². The van der Waals surface area contributed by atoms with Crippen molar-refractivity contribution in [1.29, 1.82) is 0 Å². The molecular formula is C10H16N6O5. The maximum atomic E-state index is 12.1. The number of carboxylic acid groups (broad SMARTS) is 1. The predicted molar refractivity (Wildman–Crippen MR) is 69.3 cm³/mol. The average molecular weight is 300 g/mol. The van der Waals surface area contributed by atoms with Gasteiger partial charge in [0.05, 0.1) is 0 Å². The summed E-state index contributed by atoms with van der Waals surface area (Å²) in [6, 6.07) is 0. The van der Waals surface area contributed by atoms with E-state index in [4.69, 9.17) is 5.11 Å². The highest BCUT2D eigenvalue weighted by Crippen LogP contribution is 2.07. The van der Waals surface area contributed by atoms with E-state index in [1.807, 2.05) is 6.92 Å². The van der Waals surface area contributed by atoms with Crippen molar-refractivity contribution in [3.05, 3.63) is 15.9 Å². The number of nitrogens with zero attached hydrogens (tertiary/aromatic N) is 6. The molecule has 0 saturated carbocycles. The van der Waals surface area contributed by atoms with Crippen molar-refractivity contribution in [2.24, 2.45) is 0 Å². The lowest BCUT2D eigenvalue weighted by Crippen LogP contribution is -2.44. The molecule has 0 bridgehead atoms. The number of hydrazine groups is 1. The molecule has 0 saturated heterocycles. The van der Waals surface area contributed by atoms with E-state index in [0.29, 0.717) is 13.0 Å². The van der Waals surface area contributed by atoms with E-state index in [2.05, 4.69) is 10.1 Å². The minimum Gasteiger partial charge on any atom is -0.474 e. The monoisotopic (exact) mass is 300 g/mol. The molecule has 1 amide bonds. The molecule has 0 unspecified atom stereocenters. The number of carbonyl (C=O) groups is 2. The van der Waals surface area contributed by atoms with Crippen LogP contribution in [0.5, 0.6) is 0 Å². The van der Waals surface area contributed by atoms with Gasteiger partial charge in [-0.2, -0.15) is 4.68 Å². The molecule has 1 rings (SSSR count). The number of aromatic nitrogens is 3. The van der Waals surface area contributed by atoms with E-state index >= 15 is 0 Å². The molecule has 1 aromatic heterocycles. The van der Waals surface area contributed by atoms with E-state index in [-0.39, 0.29) is 0 Å². The molecule has 1 N–H and O–H groups in total. The molecule has 0 aliphatic heterocycles. The second kappa shape index (κ2) is 6.74. The summed E-state index contributed by atoms with van der Waals surface area (Å²) in [5, 5.41) is 25.9. The van der Waals surface area contributed by atoms with Crippen molar-refractivity contribution in [3.8, 4) is 0 Å². The Labute approximate surface area is 119 Å². The summed E-state index contributed by atoms with van der Waals surface area (Å²) in [5.74, 6) is -3.43. The van der Waals surface area contributed by atoms with Gasteiger partial charge < -0.3 is 15.2 Å². The highest BCUT2D eigenvalue weighted by molar-refractivity contribution is 5.84. The molecule has 21 heavy (non-hydrogen) atoms. The van der Waals surface area contributed by atoms with Crippen LogP contribution in [-0.2, 0) is 11.3 Å². The first-order valence-electron chi connectivity index (χ1n) is 6.08. The molecule has 0 fully saturated rings. The Balaban J connectivity index is 3.03. The Morgan fingerprint density at radius 1 is 1.43 bits per heavy atom. The van der Waals surface area contributed by atoms with Crippen molar-refractivity contribution in [1.82, 2.24) is 24.8 Å². The van der Waals surface area contributed by atoms with E-state index in [1.165, 1.54) is 5.01 Å². The Hall–Kier alpha value is -2.56. The molecule has 1 heterocycles. The standard InChI is InChI=1S/C10H16N6O5/c1-4-5-15(13(2)3)7(17)6-14-8(9(18)19)11-10(12-14)16(20)21/h4-6H2,1-3H3,(H,18,19). The molecule has 0 atom stereocenters. The number of amides is 1. The van der Waals surface area contributed by atoms with Crippen molar-refractivity contribution in [2.75, 3.05) is 20.6 Å². The van der Waals surface area contributed by atoms with Gasteiger partial charge in [-0.05, 0) is 16.3 Å². The number of nitro groups is 1. The molecule has 11 nitrogen and oxygen atoms in total. The summed E-state index contributed by atoms with van der Waals surface area (Å²) >= 11 is 0. The van der Waals surface area contributed by atoms with Gasteiger partial charge in [-0.3, -0.25) is 9.80 Å². The Morgan fingerprint density at radius 2 is 2.05 bits per heavy atom. The minimum absolute atomic E-state index is 0.436. The maximum absolute atomic E-state index is 12.1. The third-order valence-electron chi connectivity index (χ3n) is 2.51. The van der Waals surface area contributed by atoms with Crippen LogP contribution in [0.15, 0.2) is 0 Å². The van der Waals surface area contributed by atoms with E-state index in [1.54, 1.807) is 19.1 Å². The SMILES string of the molecule is CCCN(C(=O)Cn1nc([N+](=O)[O-])nc1C(=O)O)N(C)C. The van der Waals surface area contributed by atoms with E-state index in [9.17, 15) is 19.7 Å². The van der Waals surface area contributed by atoms with E-state index in [0.717, 1.165) is 4.68 Å². The second-order valence-corrected chi connectivity index (χ2v) is 4.32. The van der Waals surface area contributed by atoms with Crippen molar-refractivity contribution < 1.29 is 19.6 Å². The van der Waals surface area contributed by atoms with Crippen LogP contribution < -0.4 is 0 Å². The summed E-state index contributed by atoms with van der Waals surface area (Å²) < 4.78 is 0.717. The normalized spacial score (nSPS) is 10.7. The van der Waals surface area contributed by atoms with Gasteiger partial charge in [-0.1, -0.05) is 6.92 Å². The molecule has 0 aromatic carbocycles. The lowest BCUT2D eigenvalue weighted by Gasteiger charge is -2.28. The van der Waals surface area contributed by atoms with Gasteiger partial charge in [0.1, 0.15) is 6.54 Å². The number of rotatable bonds is 7. The Bertz CT molecular complexity index is 554. The molecule has 11 heteroatoms. The summed E-state index contributed by atoms with van der Waals surface area (Å²) in [6.45, 7) is 1.87. The quantitative estimate of drug-likeness (QED) is 0.531. The Morgan fingerprint density at radius 3 is 2.48 bits per heavy atom. The average Bonchev–Trinajstić information content (AvgIpc) is 2.79. The van der Waals surface area contributed by atoms with Crippen LogP contribution in [-0.4, -0.2) is 67.3 Å². The van der Waals surface area contributed by atoms with E-state index < -0.39 is 35.1 Å². The second-order valence-electron chi connectivity index (χ2n) is 4.32. The van der Waals surface area contributed by atoms with Crippen molar-refractivity contribution in [2.45, 2.75) is 19.9 Å². The Kier molecular flexibility index (Phi) is 5.30. The summed E-state index contributed by atoms with van der Waals surface area (Å²) in [7, 11) is 3.32. The number of aromatic carboxylic acids is 1. The fraction of sp³-hybridized carbons (Fsp3) is 0.600. The first-order valence-corrected chi connectivity index (χ1v) is 6.08. The molecular weight excluding hydrogens is 284 g/mol. The zero-order valence-corrected chi connectivity index (χ0v) is 11.9. The number of hydrogen-bond donors (Lipinski definition) is 1. The lowest BCUT2D eigenvalue weighted by atomic mass is 10.4. The molecule has 0 spiro atoms. The first-order chi connectivity index (χ1) is 9.77. The fourth-order valence-corrected chi connectivity index (χ4v) is 1.65. The first kappa shape index (κ1) is 16.5. The van der Waals surface area contributed by atoms with Crippen LogP contribution in [0.4, 0.5) is 5.95 Å². The van der Waals surface area contributed by atoms with Crippen molar-refractivity contribution >= 4 is 17.8 Å². The van der Waals surface area contributed by atoms with Crippen LogP contribution >= 0.6 is 0 Å². The van der Waals surface area contributed by atoms with Gasteiger partial charge in [-0.15, -0.1) is 0 Å². The molecule has 0 aliphatic rings. The molecule has 0 radical (unpaired) electrons. The lowest BCUT2D eigenvalue weighted by molar-refractivity contribution is -0.394. The highest BCUT2D eigenvalue weighted by atomic mass is 16.6. The number of carbonyl (C=O) groups excluding carboxylic acids is 1. The minimum atomic E-state index is -1.49. The number of hydrogen-bond acceptors (Lipinski definition) is 7. The van der Waals surface area contributed by atoms with Gasteiger partial charge in [0, 0.05) is 25.7 Å². The maximum Gasteiger partial charge on any atom is 0.491 e. The van der Waals surface area contributed by atoms with Crippen LogP contribution in [0.1, 0.15) is 24.0 Å². The van der Waals surface area contributed by atoms with Gasteiger partial charge in [-0.25, -0.2) is 9.80 Å². The van der Waals surface area contributed by atoms with Crippen LogP contribution in [0, 0.1) is 10.1 Å². The van der Waals surface area contributed by atoms with Crippen molar-refractivity contribution in [3.63, 3.8) is 0 Å². The summed E-state index contributed by atoms with van der Waals surface area (Å²) in [4.78, 5) is 36.1. The third-order valence-corrected chi connectivity index (χ3v) is 2.51. The summed E-state index contributed by atoms with van der Waals surface area (Å²) in [5.41, 5.74) is 0. The predicted octanol–water partition coefficient (Wildman–Crippen LogP) is -0.400. The largest absolute Gasteiger partial charge is 0.491 e. The fourth-order valence-electron chi connectivity index (χ4n) is 1.65. The van der Waals surface area contributed by atoms with Gasteiger partial charge in [0.2, 0.25) is 0 Å². The summed E-state index contributed by atoms with van der Waals surface area (Å²) in [6.07, 6.45) is 0.702. The third kappa shape index (κ3) is 3.95. The molecule has 0 aliphatic carbocycles. The van der Waals surface area contributed by atoms with Gasteiger partial charge >= 0.3 is 17.7 Å². The van der Waals surface area contributed by atoms with Crippen LogP contribution in [0.25, 0.3) is 0 Å². The highest BCUT2D eigenvalue weighted by Gasteiger charge is 2.29. The molecule has 1 aromatic rings. The van der Waals surface area contributed by atoms with Crippen LogP contribution in [0.2, 0.25) is 0 Å². The molecule has 116 valence electrons. The smallest absolute Gasteiger partial charge is 0.474 e. The zero-order valence-electron chi connectivity index (χ0n) is 11.9. The zero-order chi connectivity index (χ0) is 16.2.